The summed E-state index contributed by atoms with van der Waals surface area (Å²) in [5, 5.41) is 21.3. The Kier molecular flexibility index (Phi) is 5.52. The Bertz CT molecular complexity index is 978. The Hall–Kier alpha value is -3.19. The third-order valence-corrected chi connectivity index (χ3v) is 4.87. The van der Waals surface area contributed by atoms with Gasteiger partial charge in [-0.15, -0.1) is 11.8 Å². The number of phenolic OH excluding ortho intramolecular Hbond substituents is 1. The normalized spacial score (nSPS) is 10.6. The largest absolute Gasteiger partial charge is 0.508 e. The van der Waals surface area contributed by atoms with Gasteiger partial charge in [-0.1, -0.05) is 17.7 Å². The zero-order chi connectivity index (χ0) is 19.4. The lowest BCUT2D eigenvalue weighted by atomic mass is 10.1. The van der Waals surface area contributed by atoms with E-state index >= 15 is 0 Å². The lowest BCUT2D eigenvalue weighted by Crippen LogP contribution is -2.15. The van der Waals surface area contributed by atoms with Crippen LogP contribution in [0.25, 0.3) is 0 Å². The van der Waals surface area contributed by atoms with E-state index in [0.717, 1.165) is 11.0 Å². The van der Waals surface area contributed by atoms with Crippen LogP contribution in [-0.2, 0) is 5.75 Å². The number of carbonyl (C=O) groups is 2. The average molecular weight is 383 g/mol. The second kappa shape index (κ2) is 8.01. The van der Waals surface area contributed by atoms with Gasteiger partial charge in [0.2, 0.25) is 0 Å². The Morgan fingerprint density at radius 2 is 1.81 bits per heavy atom. The molecule has 138 valence electrons. The van der Waals surface area contributed by atoms with Crippen molar-refractivity contribution in [3.05, 3.63) is 77.2 Å². The van der Waals surface area contributed by atoms with E-state index in [2.05, 4.69) is 5.32 Å². The van der Waals surface area contributed by atoms with Gasteiger partial charge in [-0.25, -0.2) is 4.79 Å². The van der Waals surface area contributed by atoms with Gasteiger partial charge in [-0.3, -0.25) is 4.79 Å². The molecule has 6 nitrogen and oxygen atoms in total. The Balaban J connectivity index is 1.74. The van der Waals surface area contributed by atoms with E-state index in [0.29, 0.717) is 17.1 Å². The van der Waals surface area contributed by atoms with Crippen molar-refractivity contribution in [2.75, 3.05) is 5.32 Å². The number of thioether (sulfide) groups is 1. The average Bonchev–Trinajstić information content (AvgIpc) is 3.11. The van der Waals surface area contributed by atoms with Crippen LogP contribution in [0.15, 0.2) is 64.1 Å². The summed E-state index contributed by atoms with van der Waals surface area (Å²) >= 11 is 1.53. The van der Waals surface area contributed by atoms with Gasteiger partial charge in [-0.2, -0.15) is 0 Å². The summed E-state index contributed by atoms with van der Waals surface area (Å²) in [6, 6.07) is 13.3. The van der Waals surface area contributed by atoms with E-state index < -0.39 is 11.9 Å². The van der Waals surface area contributed by atoms with Gasteiger partial charge in [-0.05, 0) is 43.3 Å². The maximum absolute atomic E-state index is 12.6. The Labute approximate surface area is 159 Å². The third kappa shape index (κ3) is 4.51. The van der Waals surface area contributed by atoms with Crippen molar-refractivity contribution in [3.8, 4) is 5.75 Å². The molecule has 7 heteroatoms. The highest BCUT2D eigenvalue weighted by Crippen LogP contribution is 2.27. The van der Waals surface area contributed by atoms with Gasteiger partial charge < -0.3 is 19.9 Å². The number of hydrogen-bond donors (Lipinski definition) is 3. The summed E-state index contributed by atoms with van der Waals surface area (Å²) in [5.74, 6) is -0.960. The number of carboxylic acids is 1. The van der Waals surface area contributed by atoms with Crippen molar-refractivity contribution in [3.63, 3.8) is 0 Å². The molecular weight excluding hydrogens is 366 g/mol. The molecule has 0 aliphatic rings. The first kappa shape index (κ1) is 18.6. The molecule has 0 saturated heterocycles. The monoisotopic (exact) mass is 383 g/mol. The topological polar surface area (TPSA) is 99.8 Å². The first-order chi connectivity index (χ1) is 12.9. The molecule has 3 aromatic rings. The van der Waals surface area contributed by atoms with Crippen LogP contribution in [0, 0.1) is 6.92 Å². The van der Waals surface area contributed by atoms with E-state index in [1.165, 1.54) is 35.7 Å². The van der Waals surface area contributed by atoms with Crippen LogP contribution in [0.5, 0.6) is 5.75 Å². The molecule has 0 aliphatic heterocycles. The quantitative estimate of drug-likeness (QED) is 0.427. The molecule has 0 unspecified atom stereocenters. The number of carboxylic acid groups (broad SMARTS) is 1. The standard InChI is InChI=1S/C20H17NO5S/c1-12-2-5-14(6-3-12)27-11-18-15(8-9-26-18)19(23)21-17-7-4-13(22)10-16(17)20(24)25/h2-10,22H,11H2,1H3,(H,21,23)(H,24,25). The molecule has 0 fully saturated rings. The predicted molar refractivity (Wildman–Crippen MR) is 102 cm³/mol. The van der Waals surface area contributed by atoms with Crippen LogP contribution in [0.2, 0.25) is 0 Å². The highest BCUT2D eigenvalue weighted by Gasteiger charge is 2.18. The molecular formula is C20H17NO5S. The van der Waals surface area contributed by atoms with Gasteiger partial charge in [0.05, 0.1) is 28.8 Å². The van der Waals surface area contributed by atoms with Gasteiger partial charge in [0.25, 0.3) is 5.91 Å². The number of nitrogens with one attached hydrogen (secondary N) is 1. The minimum atomic E-state index is -1.25. The van der Waals surface area contributed by atoms with E-state index in [-0.39, 0.29) is 17.0 Å². The number of rotatable bonds is 6. The molecule has 0 radical (unpaired) electrons. The van der Waals surface area contributed by atoms with Crippen molar-refractivity contribution >= 4 is 29.3 Å². The summed E-state index contributed by atoms with van der Waals surface area (Å²) in [6.07, 6.45) is 1.43. The summed E-state index contributed by atoms with van der Waals surface area (Å²) in [5.41, 5.74) is 1.41. The molecule has 0 aliphatic carbocycles. The number of anilines is 1. The first-order valence-electron chi connectivity index (χ1n) is 8.07. The minimum absolute atomic E-state index is 0.101. The molecule has 27 heavy (non-hydrogen) atoms. The molecule has 1 heterocycles. The van der Waals surface area contributed by atoms with Crippen LogP contribution in [0.4, 0.5) is 5.69 Å². The van der Waals surface area contributed by atoms with Crippen LogP contribution < -0.4 is 5.32 Å². The lowest BCUT2D eigenvalue weighted by Gasteiger charge is -2.09. The summed E-state index contributed by atoms with van der Waals surface area (Å²) in [4.78, 5) is 24.9. The van der Waals surface area contributed by atoms with Crippen molar-refractivity contribution < 1.29 is 24.2 Å². The first-order valence-corrected chi connectivity index (χ1v) is 9.06. The fraction of sp³-hybridized carbons (Fsp3) is 0.100. The number of aromatic carboxylic acids is 1. The number of phenols is 1. The SMILES string of the molecule is Cc1ccc(SCc2occc2C(=O)Nc2ccc(O)cc2C(=O)O)cc1. The van der Waals surface area contributed by atoms with Gasteiger partial charge in [0.1, 0.15) is 11.5 Å². The highest BCUT2D eigenvalue weighted by molar-refractivity contribution is 7.98. The number of aromatic hydroxyl groups is 1. The number of carbonyl (C=O) groups excluding carboxylic acids is 1. The molecule has 0 spiro atoms. The second-order valence-corrected chi connectivity index (χ2v) is 6.90. The predicted octanol–water partition coefficient (Wildman–Crippen LogP) is 4.54. The van der Waals surface area contributed by atoms with Crippen LogP contribution in [0.3, 0.4) is 0 Å². The summed E-state index contributed by atoms with van der Waals surface area (Å²) < 4.78 is 5.43. The fourth-order valence-electron chi connectivity index (χ4n) is 2.45. The smallest absolute Gasteiger partial charge is 0.337 e. The minimum Gasteiger partial charge on any atom is -0.508 e. The van der Waals surface area contributed by atoms with E-state index in [1.54, 1.807) is 6.07 Å². The van der Waals surface area contributed by atoms with Gasteiger partial charge >= 0.3 is 5.97 Å². The van der Waals surface area contributed by atoms with E-state index in [4.69, 9.17) is 4.42 Å². The van der Waals surface area contributed by atoms with Gasteiger partial charge in [0.15, 0.2) is 0 Å². The zero-order valence-electron chi connectivity index (χ0n) is 14.4. The van der Waals surface area contributed by atoms with E-state index in [1.807, 2.05) is 31.2 Å². The number of amides is 1. The lowest BCUT2D eigenvalue weighted by molar-refractivity contribution is 0.0697. The van der Waals surface area contributed by atoms with Crippen molar-refractivity contribution in [2.45, 2.75) is 17.6 Å². The molecule has 0 atom stereocenters. The number of aryl methyl sites for hydroxylation is 1. The van der Waals surface area contributed by atoms with Crippen LogP contribution >= 0.6 is 11.8 Å². The highest BCUT2D eigenvalue weighted by atomic mass is 32.2. The Morgan fingerprint density at radius 1 is 1.07 bits per heavy atom. The van der Waals surface area contributed by atoms with Gasteiger partial charge in [0, 0.05) is 4.90 Å². The molecule has 1 aromatic heterocycles. The molecule has 1 amide bonds. The molecule has 3 N–H and O–H groups in total. The zero-order valence-corrected chi connectivity index (χ0v) is 15.2. The van der Waals surface area contributed by atoms with E-state index in [9.17, 15) is 19.8 Å². The summed E-state index contributed by atoms with van der Waals surface area (Å²) in [7, 11) is 0. The molecule has 0 saturated carbocycles. The maximum atomic E-state index is 12.6. The number of benzene rings is 2. The van der Waals surface area contributed by atoms with Crippen molar-refractivity contribution in [1.82, 2.24) is 0 Å². The molecule has 0 bridgehead atoms. The summed E-state index contributed by atoms with van der Waals surface area (Å²) in [6.45, 7) is 2.01. The number of furan rings is 1. The molecule has 2 aromatic carbocycles. The van der Waals surface area contributed by atoms with Crippen molar-refractivity contribution in [2.24, 2.45) is 0 Å². The fourth-order valence-corrected chi connectivity index (χ4v) is 3.30. The van der Waals surface area contributed by atoms with Crippen LogP contribution in [-0.4, -0.2) is 22.1 Å². The third-order valence-electron chi connectivity index (χ3n) is 3.86. The molecule has 3 rings (SSSR count). The van der Waals surface area contributed by atoms with Crippen molar-refractivity contribution in [1.29, 1.82) is 0 Å². The second-order valence-electron chi connectivity index (χ2n) is 5.85. The Morgan fingerprint density at radius 3 is 2.52 bits per heavy atom. The van der Waals surface area contributed by atoms with Crippen LogP contribution in [0.1, 0.15) is 32.0 Å². The number of hydrogen-bond acceptors (Lipinski definition) is 5. The maximum Gasteiger partial charge on any atom is 0.337 e.